The third-order valence-electron chi connectivity index (χ3n) is 20.8. The van der Waals surface area contributed by atoms with Crippen LogP contribution in [0.5, 0.6) is 0 Å². The molecule has 35 nitrogen and oxygen atoms in total. The molecule has 0 bridgehead atoms. The summed E-state index contributed by atoms with van der Waals surface area (Å²) >= 11 is 0. The van der Waals surface area contributed by atoms with Gasteiger partial charge in [-0.25, -0.2) is 12.5 Å². The molecule has 2 saturated carbocycles. The topological polar surface area (TPSA) is 532 Å². The smallest absolute Gasteiger partial charge is 0.389 e. The van der Waals surface area contributed by atoms with Crippen molar-refractivity contribution in [2.45, 2.75) is 247 Å². The standard InChI is InChI=1S/C53H86O35S3/c1-19(54)21-9-12-52(6)31-22(55)13-28-50(3,4)29(10-11-51(28,5)30(31)23(56)14-53(21,52)7)83-48-43(35(61)27(16-77-48)88-91(72,73)74)87-49-44(86-45-36(62)32(58)24(57)15-76-45)37(63)40(20(2)80-49)84-47-39(65)42(34(60)26(82-47)18-79-90(69,70)71)85-46-38(64)41(75-8)33(59)25(81-46)17-78-89(66,67)68/h20-29,32-49,55-65H,9-18H2,1-8H3,(H,66,67,68)(H,69,70,71)(H,72,73,74). The number of aliphatic hydroxyl groups is 11. The van der Waals surface area contributed by atoms with Crippen LogP contribution in [0.2, 0.25) is 0 Å². The van der Waals surface area contributed by atoms with E-state index in [0.717, 1.165) is 12.7 Å². The molecule has 7 fully saturated rings. The zero-order valence-electron chi connectivity index (χ0n) is 50.8. The fraction of sp³-hybridized carbons (Fsp3) is 0.943. The van der Waals surface area contributed by atoms with E-state index in [1.807, 2.05) is 27.7 Å². The highest BCUT2D eigenvalue weighted by Gasteiger charge is 2.68. The Morgan fingerprint density at radius 2 is 1.09 bits per heavy atom. The Morgan fingerprint density at radius 3 is 1.66 bits per heavy atom. The normalized spacial score (nSPS) is 48.9. The van der Waals surface area contributed by atoms with Crippen LogP contribution in [0.3, 0.4) is 0 Å². The van der Waals surface area contributed by atoms with Gasteiger partial charge < -0.3 is 108 Å². The quantitative estimate of drug-likeness (QED) is 0.0402. The summed E-state index contributed by atoms with van der Waals surface area (Å²) < 4.78 is 178. The maximum atomic E-state index is 13.0. The summed E-state index contributed by atoms with van der Waals surface area (Å²) in [6.07, 6.45) is -46.9. The first-order valence-corrected chi connectivity index (χ1v) is 33.8. The van der Waals surface area contributed by atoms with E-state index < -0.39 is 245 Å². The predicted octanol–water partition coefficient (Wildman–Crippen LogP) is -4.81. The third kappa shape index (κ3) is 14.4. The van der Waals surface area contributed by atoms with Gasteiger partial charge in [-0.3, -0.25) is 18.5 Å². The van der Waals surface area contributed by atoms with Gasteiger partial charge in [0.15, 0.2) is 31.5 Å². The van der Waals surface area contributed by atoms with Crippen LogP contribution in [0.4, 0.5) is 0 Å². The van der Waals surface area contributed by atoms with E-state index in [1.165, 1.54) is 6.92 Å². The molecule has 31 unspecified atom stereocenters. The minimum absolute atomic E-state index is 0.0108. The number of hydrogen-bond acceptors (Lipinski definition) is 32. The maximum absolute atomic E-state index is 13.0. The van der Waals surface area contributed by atoms with Crippen molar-refractivity contribution in [2.24, 2.45) is 33.5 Å². The lowest BCUT2D eigenvalue weighted by atomic mass is 9.42. The lowest BCUT2D eigenvalue weighted by Crippen LogP contribution is -2.68. The second-order valence-electron chi connectivity index (χ2n) is 26.5. The molecular weight excluding hydrogens is 1290 g/mol. The first-order valence-electron chi connectivity index (χ1n) is 29.7. The van der Waals surface area contributed by atoms with Gasteiger partial charge in [0.1, 0.15) is 110 Å². The zero-order valence-corrected chi connectivity index (χ0v) is 53.2. The summed E-state index contributed by atoms with van der Waals surface area (Å²) in [7, 11) is -14.9. The largest absolute Gasteiger partial charge is 0.397 e. The highest BCUT2D eigenvalue weighted by molar-refractivity contribution is 7.81. The van der Waals surface area contributed by atoms with Crippen LogP contribution in [0.1, 0.15) is 87.0 Å². The highest BCUT2D eigenvalue weighted by Crippen LogP contribution is 2.72. The van der Waals surface area contributed by atoms with Gasteiger partial charge in [-0.1, -0.05) is 34.6 Å². The molecule has 0 amide bonds. The lowest BCUT2D eigenvalue weighted by molar-refractivity contribution is -0.403. The monoisotopic (exact) mass is 1380 g/mol. The predicted molar refractivity (Wildman–Crippen MR) is 294 cm³/mol. The van der Waals surface area contributed by atoms with E-state index in [2.05, 4.69) is 15.3 Å². The number of rotatable bonds is 20. The van der Waals surface area contributed by atoms with Crippen molar-refractivity contribution in [3.8, 4) is 0 Å². The summed E-state index contributed by atoms with van der Waals surface area (Å²) in [4.78, 5) is 13.0. The van der Waals surface area contributed by atoms with Crippen molar-refractivity contribution in [3.63, 3.8) is 0 Å². The van der Waals surface area contributed by atoms with Crippen molar-refractivity contribution in [1.29, 1.82) is 0 Å². The van der Waals surface area contributed by atoms with E-state index in [9.17, 15) is 99.9 Å². The fourth-order valence-electron chi connectivity index (χ4n) is 16.0. The van der Waals surface area contributed by atoms with Crippen molar-refractivity contribution in [1.82, 2.24) is 0 Å². The Bertz CT molecular complexity index is 2960. The van der Waals surface area contributed by atoms with Crippen molar-refractivity contribution < 1.29 is 165 Å². The van der Waals surface area contributed by atoms with E-state index >= 15 is 0 Å². The SMILES string of the molecule is COC1C(O)C(COS(=O)(=O)O)OC(OC2C(O)C(COS(=O)(=O)O)OC(OC3C(C)OC(OC4C(OC5CCC6(C)C7=C(C(O)CC6C5(C)C)C5(C)CCC(C(C)=O)C5(C)CC7O)OCC(OS(=O)(=O)O)C4O)C(OC4OCC(O)C(O)C4O)C3O)C2O)C1O. The molecule has 14 N–H and O–H groups in total. The van der Waals surface area contributed by atoms with E-state index in [1.54, 1.807) is 6.92 Å². The van der Waals surface area contributed by atoms with Gasteiger partial charge in [0.25, 0.3) is 0 Å². The van der Waals surface area contributed by atoms with Gasteiger partial charge in [-0.15, -0.1) is 0 Å². The van der Waals surface area contributed by atoms with Gasteiger partial charge in [0.05, 0.1) is 50.8 Å². The average Bonchev–Trinajstić information content (AvgIpc) is 1.67. The van der Waals surface area contributed by atoms with Crippen LogP contribution in [0, 0.1) is 33.5 Å². The number of hydrogen-bond donors (Lipinski definition) is 14. The number of fused-ring (bicyclic) bond motifs is 4. The molecule has 91 heavy (non-hydrogen) atoms. The Morgan fingerprint density at radius 1 is 0.549 bits per heavy atom. The minimum atomic E-state index is -5.35. The third-order valence-corrected chi connectivity index (χ3v) is 22.1. The first-order chi connectivity index (χ1) is 42.1. The first kappa shape index (κ1) is 73.4. The number of aliphatic hydroxyl groups excluding tert-OH is 11. The summed E-state index contributed by atoms with van der Waals surface area (Å²) in [6, 6.07) is 0. The zero-order chi connectivity index (χ0) is 67.4. The lowest BCUT2D eigenvalue weighted by Gasteiger charge is -2.64. The molecule has 38 heteroatoms. The Hall–Kier alpha value is -1.86. The molecule has 5 heterocycles. The van der Waals surface area contributed by atoms with Gasteiger partial charge in [0, 0.05) is 13.0 Å². The van der Waals surface area contributed by atoms with Crippen LogP contribution in [-0.4, -0.2) is 294 Å². The van der Waals surface area contributed by atoms with Gasteiger partial charge in [-0.2, -0.15) is 25.3 Å². The molecule has 5 aliphatic heterocycles. The molecule has 526 valence electrons. The molecule has 0 aromatic carbocycles. The molecule has 9 aliphatic rings. The fourth-order valence-corrected chi connectivity index (χ4v) is 17.1. The molecule has 4 aliphatic carbocycles. The van der Waals surface area contributed by atoms with Gasteiger partial charge in [-0.05, 0) is 91.1 Å². The van der Waals surface area contributed by atoms with Crippen molar-refractivity contribution >= 4 is 37.0 Å². The van der Waals surface area contributed by atoms with Crippen LogP contribution < -0.4 is 0 Å². The summed E-state index contributed by atoms with van der Waals surface area (Å²) in [6.45, 7) is 8.78. The van der Waals surface area contributed by atoms with E-state index in [-0.39, 0.29) is 31.0 Å². The van der Waals surface area contributed by atoms with Gasteiger partial charge in [0.2, 0.25) is 0 Å². The van der Waals surface area contributed by atoms with Crippen molar-refractivity contribution in [3.05, 3.63) is 11.1 Å². The highest BCUT2D eigenvalue weighted by atomic mass is 32.3. The second-order valence-corrected chi connectivity index (χ2v) is 29.7. The average molecular weight is 1380 g/mol. The number of Topliss-reactive ketones (excluding diaryl/α,β-unsaturated/α-hetero) is 1. The van der Waals surface area contributed by atoms with E-state index in [0.29, 0.717) is 24.8 Å². The molecular formula is C53H86O35S3. The number of carbonyl (C=O) groups excluding carboxylic acids is 1. The number of ether oxygens (including phenoxy) is 11. The number of ketones is 1. The Labute approximate surface area is 524 Å². The van der Waals surface area contributed by atoms with Crippen LogP contribution in [0.15, 0.2) is 11.1 Å². The van der Waals surface area contributed by atoms with Crippen molar-refractivity contribution in [2.75, 3.05) is 33.5 Å². The van der Waals surface area contributed by atoms with Crippen LogP contribution in [0.25, 0.3) is 0 Å². The van der Waals surface area contributed by atoms with E-state index in [4.69, 9.17) is 56.3 Å². The Kier molecular flexibility index (Phi) is 21.9. The molecule has 0 aromatic rings. The summed E-state index contributed by atoms with van der Waals surface area (Å²) in [5.74, 6) is -0.745. The molecule has 9 rings (SSSR count). The van der Waals surface area contributed by atoms with Crippen LogP contribution in [-0.2, 0) is 101 Å². The van der Waals surface area contributed by atoms with Crippen LogP contribution >= 0.6 is 0 Å². The van der Waals surface area contributed by atoms with Gasteiger partial charge >= 0.3 is 31.2 Å². The molecule has 0 radical (unpaired) electrons. The summed E-state index contributed by atoms with van der Waals surface area (Å²) in [5, 5.41) is 127. The molecule has 31 atom stereocenters. The molecule has 0 spiro atoms. The second kappa shape index (κ2) is 27.1. The minimum Gasteiger partial charge on any atom is -0.389 e. The molecule has 5 saturated heterocycles. The molecule has 0 aromatic heterocycles. The Balaban J connectivity index is 1.01. The maximum Gasteiger partial charge on any atom is 0.397 e. The number of carbonyl (C=O) groups is 1. The summed E-state index contributed by atoms with van der Waals surface area (Å²) in [5.41, 5.74) is -1.50. The number of methoxy groups -OCH3 is 1.